The summed E-state index contributed by atoms with van der Waals surface area (Å²) in [6, 6.07) is 7.11. The minimum atomic E-state index is 0.170. The number of nitrogens with one attached hydrogen (secondary N) is 1. The van der Waals surface area contributed by atoms with E-state index in [9.17, 15) is 0 Å². The fourth-order valence-electron chi connectivity index (χ4n) is 2.83. The average Bonchev–Trinajstić information content (AvgIpc) is 2.57. The van der Waals surface area contributed by atoms with Crippen molar-refractivity contribution in [2.45, 2.75) is 45.2 Å². The first kappa shape index (κ1) is 11.6. The summed E-state index contributed by atoms with van der Waals surface area (Å²) in [4.78, 5) is 0. The molecule has 0 heterocycles. The maximum absolute atomic E-state index is 9.10. The highest BCUT2D eigenvalue weighted by atomic mass is 16.3. The molecule has 2 unspecified atom stereocenters. The van der Waals surface area contributed by atoms with E-state index in [1.807, 2.05) is 6.92 Å². The van der Waals surface area contributed by atoms with Crippen molar-refractivity contribution in [2.24, 2.45) is 0 Å². The molecule has 2 N–H and O–H groups in total. The summed E-state index contributed by atoms with van der Waals surface area (Å²) in [6.07, 6.45) is 1.14. The Hall–Kier alpha value is -0.860. The van der Waals surface area contributed by atoms with Gasteiger partial charge in [0, 0.05) is 12.1 Å². The lowest BCUT2D eigenvalue weighted by molar-refractivity contribution is 0.239. The summed E-state index contributed by atoms with van der Waals surface area (Å²) in [5.41, 5.74) is 4.32. The average molecular weight is 219 g/mol. The highest BCUT2D eigenvalue weighted by Gasteiger charge is 2.29. The van der Waals surface area contributed by atoms with Crippen LogP contribution in [0.15, 0.2) is 18.2 Å². The van der Waals surface area contributed by atoms with E-state index in [0.717, 1.165) is 6.42 Å². The standard InChI is InChI=1S/C14H21NO/c1-9-5-4-6-12-13(15-11(3)8-16)7-10(2)14(9)12/h4-6,10-11,13,15-16H,7-8H2,1-3H3/t10?,11-,13?/m1/s1. The van der Waals surface area contributed by atoms with Gasteiger partial charge in [-0.2, -0.15) is 0 Å². The van der Waals surface area contributed by atoms with Crippen LogP contribution in [0.25, 0.3) is 0 Å². The fraction of sp³-hybridized carbons (Fsp3) is 0.571. The van der Waals surface area contributed by atoms with E-state index < -0.39 is 0 Å². The molecule has 1 aromatic carbocycles. The molecule has 1 aliphatic rings. The first-order valence-corrected chi connectivity index (χ1v) is 6.09. The van der Waals surface area contributed by atoms with Crippen molar-refractivity contribution in [3.63, 3.8) is 0 Å². The van der Waals surface area contributed by atoms with Crippen molar-refractivity contribution < 1.29 is 5.11 Å². The highest BCUT2D eigenvalue weighted by Crippen LogP contribution is 2.41. The van der Waals surface area contributed by atoms with Crippen molar-refractivity contribution in [1.29, 1.82) is 0 Å². The van der Waals surface area contributed by atoms with Gasteiger partial charge in [-0.3, -0.25) is 0 Å². The van der Waals surface area contributed by atoms with Crippen molar-refractivity contribution in [2.75, 3.05) is 6.61 Å². The molecule has 0 saturated heterocycles. The summed E-state index contributed by atoms with van der Waals surface area (Å²) in [6.45, 7) is 6.70. The van der Waals surface area contributed by atoms with E-state index in [1.165, 1.54) is 16.7 Å². The largest absolute Gasteiger partial charge is 0.395 e. The van der Waals surface area contributed by atoms with Crippen LogP contribution in [0.4, 0.5) is 0 Å². The molecule has 0 amide bonds. The van der Waals surface area contributed by atoms with Gasteiger partial charge in [0.1, 0.15) is 0 Å². The second-order valence-corrected chi connectivity index (χ2v) is 5.02. The van der Waals surface area contributed by atoms with Crippen molar-refractivity contribution in [3.8, 4) is 0 Å². The van der Waals surface area contributed by atoms with Crippen molar-refractivity contribution in [3.05, 3.63) is 34.9 Å². The molecule has 1 aromatic rings. The molecule has 2 rings (SSSR count). The van der Waals surface area contributed by atoms with Crippen LogP contribution in [-0.4, -0.2) is 17.8 Å². The number of aryl methyl sites for hydroxylation is 1. The third-order valence-electron chi connectivity index (χ3n) is 3.57. The molecule has 0 bridgehead atoms. The second kappa shape index (κ2) is 4.56. The fourth-order valence-corrected chi connectivity index (χ4v) is 2.83. The van der Waals surface area contributed by atoms with Crippen LogP contribution >= 0.6 is 0 Å². The Kier molecular flexibility index (Phi) is 3.31. The third kappa shape index (κ3) is 2.00. The number of fused-ring (bicyclic) bond motifs is 1. The molecule has 2 nitrogen and oxygen atoms in total. The van der Waals surface area contributed by atoms with E-state index in [-0.39, 0.29) is 12.6 Å². The summed E-state index contributed by atoms with van der Waals surface area (Å²) in [5, 5.41) is 12.6. The quantitative estimate of drug-likeness (QED) is 0.818. The Morgan fingerprint density at radius 2 is 2.25 bits per heavy atom. The first-order valence-electron chi connectivity index (χ1n) is 6.09. The third-order valence-corrected chi connectivity index (χ3v) is 3.57. The number of hydrogen-bond acceptors (Lipinski definition) is 2. The zero-order chi connectivity index (χ0) is 11.7. The topological polar surface area (TPSA) is 32.3 Å². The Bertz CT molecular complexity index is 375. The van der Waals surface area contributed by atoms with E-state index in [4.69, 9.17) is 5.11 Å². The molecule has 0 radical (unpaired) electrons. The molecule has 0 spiro atoms. The Labute approximate surface area is 97.7 Å². The van der Waals surface area contributed by atoms with Crippen LogP contribution in [-0.2, 0) is 0 Å². The monoisotopic (exact) mass is 219 g/mol. The number of rotatable bonds is 3. The molecule has 3 atom stereocenters. The molecule has 0 saturated carbocycles. The summed E-state index contributed by atoms with van der Waals surface area (Å²) in [7, 11) is 0. The minimum absolute atomic E-state index is 0.170. The predicted octanol–water partition coefficient (Wildman–Crippen LogP) is 2.51. The van der Waals surface area contributed by atoms with Crippen LogP contribution in [0.2, 0.25) is 0 Å². The minimum Gasteiger partial charge on any atom is -0.395 e. The van der Waals surface area contributed by atoms with Crippen LogP contribution in [0.3, 0.4) is 0 Å². The van der Waals surface area contributed by atoms with Gasteiger partial charge in [-0.1, -0.05) is 25.1 Å². The SMILES string of the molecule is Cc1cccc2c1C(C)CC2N[C@H](C)CO. The van der Waals surface area contributed by atoms with Gasteiger partial charge in [0.05, 0.1) is 6.61 Å². The van der Waals surface area contributed by atoms with E-state index in [0.29, 0.717) is 12.0 Å². The van der Waals surface area contributed by atoms with E-state index in [1.54, 1.807) is 0 Å². The van der Waals surface area contributed by atoms with E-state index in [2.05, 4.69) is 37.4 Å². The lowest BCUT2D eigenvalue weighted by Crippen LogP contribution is -2.32. The van der Waals surface area contributed by atoms with E-state index >= 15 is 0 Å². The Morgan fingerprint density at radius 1 is 1.50 bits per heavy atom. The van der Waals surface area contributed by atoms with Crippen molar-refractivity contribution in [1.82, 2.24) is 5.32 Å². The first-order chi connectivity index (χ1) is 7.63. The normalized spacial score (nSPS) is 25.5. The van der Waals surface area contributed by atoms with Gasteiger partial charge in [-0.25, -0.2) is 0 Å². The maximum atomic E-state index is 9.10. The molecule has 1 aliphatic carbocycles. The maximum Gasteiger partial charge on any atom is 0.0582 e. The Morgan fingerprint density at radius 3 is 2.94 bits per heavy atom. The van der Waals surface area contributed by atoms with Gasteiger partial charge in [-0.05, 0) is 42.9 Å². The van der Waals surface area contributed by atoms with Crippen LogP contribution in [0.5, 0.6) is 0 Å². The van der Waals surface area contributed by atoms with Gasteiger partial charge >= 0.3 is 0 Å². The molecule has 88 valence electrons. The lowest BCUT2D eigenvalue weighted by Gasteiger charge is -2.18. The molecular weight excluding hydrogens is 198 g/mol. The van der Waals surface area contributed by atoms with Crippen LogP contribution in [0, 0.1) is 6.92 Å². The number of aliphatic hydroxyl groups is 1. The molecule has 0 fully saturated rings. The molecule has 2 heteroatoms. The highest BCUT2D eigenvalue weighted by molar-refractivity contribution is 5.43. The smallest absolute Gasteiger partial charge is 0.0582 e. The van der Waals surface area contributed by atoms with Crippen LogP contribution < -0.4 is 5.32 Å². The van der Waals surface area contributed by atoms with Gasteiger partial charge < -0.3 is 10.4 Å². The number of benzene rings is 1. The summed E-state index contributed by atoms with van der Waals surface area (Å²) in [5.74, 6) is 0.625. The van der Waals surface area contributed by atoms with Gasteiger partial charge in [-0.15, -0.1) is 0 Å². The van der Waals surface area contributed by atoms with Crippen LogP contribution in [0.1, 0.15) is 48.9 Å². The molecule has 16 heavy (non-hydrogen) atoms. The zero-order valence-electron chi connectivity index (χ0n) is 10.3. The van der Waals surface area contributed by atoms with Gasteiger partial charge in [0.25, 0.3) is 0 Å². The van der Waals surface area contributed by atoms with Gasteiger partial charge in [0.15, 0.2) is 0 Å². The summed E-state index contributed by atoms with van der Waals surface area (Å²) < 4.78 is 0. The van der Waals surface area contributed by atoms with Gasteiger partial charge in [0.2, 0.25) is 0 Å². The molecule has 0 aromatic heterocycles. The second-order valence-electron chi connectivity index (χ2n) is 5.02. The molecular formula is C14H21NO. The zero-order valence-corrected chi connectivity index (χ0v) is 10.3. The van der Waals surface area contributed by atoms with Crippen molar-refractivity contribution >= 4 is 0 Å². The summed E-state index contributed by atoms with van der Waals surface area (Å²) >= 11 is 0. The number of hydrogen-bond donors (Lipinski definition) is 2. The predicted molar refractivity (Wildman–Crippen MR) is 66.6 cm³/mol. The number of aliphatic hydroxyl groups excluding tert-OH is 1. The molecule has 0 aliphatic heterocycles. The lowest BCUT2D eigenvalue weighted by atomic mass is 9.98. The Balaban J connectivity index is 2.26.